The molecule has 2 heterocycles. The van der Waals surface area contributed by atoms with Crippen LogP contribution in [0.1, 0.15) is 39.2 Å². The molecule has 0 aliphatic heterocycles. The van der Waals surface area contributed by atoms with Gasteiger partial charge >= 0.3 is 5.97 Å². The van der Waals surface area contributed by atoms with E-state index in [4.69, 9.17) is 37.7 Å². The number of hydrogen-bond donors (Lipinski definition) is 1. The highest BCUT2D eigenvalue weighted by Crippen LogP contribution is 2.41. The summed E-state index contributed by atoms with van der Waals surface area (Å²) in [5.74, 6) is 0.543. The number of imidazole rings is 1. The number of halogens is 2. The average molecular weight is 541 g/mol. The Kier molecular flexibility index (Phi) is 6.50. The molecule has 2 aromatic heterocycles. The molecule has 5 rings (SSSR count). The van der Waals surface area contributed by atoms with Gasteiger partial charge in [0.2, 0.25) is 5.88 Å². The zero-order valence-corrected chi connectivity index (χ0v) is 22.2. The maximum atomic E-state index is 11.4. The lowest BCUT2D eigenvalue weighted by atomic mass is 9.95. The Balaban J connectivity index is 1.56. The van der Waals surface area contributed by atoms with Gasteiger partial charge in [0.05, 0.1) is 17.0 Å². The van der Waals surface area contributed by atoms with E-state index < -0.39 is 11.4 Å². The van der Waals surface area contributed by atoms with Crippen molar-refractivity contribution in [3.8, 4) is 23.0 Å². The molecule has 0 amide bonds. The predicted molar refractivity (Wildman–Crippen MR) is 142 cm³/mol. The van der Waals surface area contributed by atoms with Gasteiger partial charge in [-0.2, -0.15) is 4.98 Å². The molecule has 2 aromatic carbocycles. The summed E-state index contributed by atoms with van der Waals surface area (Å²) in [7, 11) is 0. The first-order valence-corrected chi connectivity index (χ1v) is 12.6. The number of aliphatic carboxylic acids is 1. The molecule has 192 valence electrons. The van der Waals surface area contributed by atoms with Crippen molar-refractivity contribution in [1.29, 1.82) is 0 Å². The van der Waals surface area contributed by atoms with Gasteiger partial charge in [0.25, 0.3) is 0 Å². The standard InChI is InChI=1S/C27H26Cl2N4O4/c1-26(2,25(34)35)14-36-18-7-8-19(20(29)12-18)22-32-21-23(30-15-31-24(21)37-27(3)9-10-27)33(22)13-16-5-4-6-17(28)11-16/h4-8,11-12,15H,9-10,13-14H2,1-3H3,(H,34,35). The van der Waals surface area contributed by atoms with Crippen molar-refractivity contribution in [2.75, 3.05) is 6.61 Å². The monoisotopic (exact) mass is 540 g/mol. The fourth-order valence-corrected chi connectivity index (χ4v) is 4.24. The summed E-state index contributed by atoms with van der Waals surface area (Å²) in [6.07, 6.45) is 3.40. The Hall–Kier alpha value is -3.36. The Labute approximate surface area is 224 Å². The van der Waals surface area contributed by atoms with Crippen molar-refractivity contribution < 1.29 is 19.4 Å². The van der Waals surface area contributed by atoms with Crippen LogP contribution in [-0.4, -0.2) is 42.8 Å². The van der Waals surface area contributed by atoms with Gasteiger partial charge in [-0.25, -0.2) is 9.97 Å². The van der Waals surface area contributed by atoms with Crippen molar-refractivity contribution in [1.82, 2.24) is 19.5 Å². The van der Waals surface area contributed by atoms with Gasteiger partial charge in [0.1, 0.15) is 30.1 Å². The van der Waals surface area contributed by atoms with E-state index in [1.165, 1.54) is 6.33 Å². The van der Waals surface area contributed by atoms with Gasteiger partial charge in [0, 0.05) is 10.6 Å². The topological polar surface area (TPSA) is 99.4 Å². The smallest absolute Gasteiger partial charge is 0.312 e. The summed E-state index contributed by atoms with van der Waals surface area (Å²) in [5, 5.41) is 10.4. The van der Waals surface area contributed by atoms with Crippen LogP contribution in [0.3, 0.4) is 0 Å². The molecule has 0 saturated heterocycles. The molecule has 1 fully saturated rings. The highest BCUT2D eigenvalue weighted by molar-refractivity contribution is 6.33. The van der Waals surface area contributed by atoms with Gasteiger partial charge in [0.15, 0.2) is 11.2 Å². The molecule has 0 bridgehead atoms. The third-order valence-electron chi connectivity index (χ3n) is 6.39. The lowest BCUT2D eigenvalue weighted by Gasteiger charge is -2.19. The predicted octanol–water partition coefficient (Wildman–Crippen LogP) is 6.27. The molecule has 0 spiro atoms. The van der Waals surface area contributed by atoms with Crippen molar-refractivity contribution >= 4 is 40.3 Å². The van der Waals surface area contributed by atoms with Crippen LogP contribution >= 0.6 is 23.2 Å². The minimum absolute atomic E-state index is 0.000341. The maximum Gasteiger partial charge on any atom is 0.312 e. The van der Waals surface area contributed by atoms with Crippen LogP contribution in [0, 0.1) is 5.41 Å². The molecule has 8 nitrogen and oxygen atoms in total. The van der Waals surface area contributed by atoms with Gasteiger partial charge < -0.3 is 19.1 Å². The van der Waals surface area contributed by atoms with Gasteiger partial charge in [-0.15, -0.1) is 0 Å². The number of ether oxygens (including phenoxy) is 2. The van der Waals surface area contributed by atoms with Crippen LogP contribution in [0.15, 0.2) is 48.8 Å². The first-order chi connectivity index (χ1) is 17.5. The molecule has 1 aliphatic rings. The Bertz CT molecular complexity index is 1500. The summed E-state index contributed by atoms with van der Waals surface area (Å²) < 4.78 is 13.9. The third kappa shape index (κ3) is 5.36. The highest BCUT2D eigenvalue weighted by atomic mass is 35.5. The molecule has 4 aromatic rings. The Morgan fingerprint density at radius 3 is 2.62 bits per heavy atom. The zero-order chi connectivity index (χ0) is 26.4. The summed E-state index contributed by atoms with van der Waals surface area (Å²) in [4.78, 5) is 25.2. The fourth-order valence-electron chi connectivity index (χ4n) is 3.77. The quantitative estimate of drug-likeness (QED) is 0.267. The van der Waals surface area contributed by atoms with Crippen LogP contribution in [0.5, 0.6) is 11.6 Å². The number of rotatable bonds is 9. The van der Waals surface area contributed by atoms with Crippen molar-refractivity contribution in [3.05, 3.63) is 64.4 Å². The average Bonchev–Trinajstić information content (AvgIpc) is 3.46. The van der Waals surface area contributed by atoms with Gasteiger partial charge in [-0.05, 0) is 69.5 Å². The van der Waals surface area contributed by atoms with Crippen LogP contribution < -0.4 is 9.47 Å². The van der Waals surface area contributed by atoms with E-state index in [1.807, 2.05) is 35.8 Å². The van der Waals surface area contributed by atoms with E-state index in [0.29, 0.717) is 50.8 Å². The normalized spacial score (nSPS) is 14.5. The Morgan fingerprint density at radius 2 is 1.95 bits per heavy atom. The summed E-state index contributed by atoms with van der Waals surface area (Å²) in [5.41, 5.74) is 1.52. The number of carboxylic acid groups (broad SMARTS) is 1. The van der Waals surface area contributed by atoms with E-state index in [9.17, 15) is 9.90 Å². The van der Waals surface area contributed by atoms with E-state index in [1.54, 1.807) is 32.0 Å². The molecule has 0 unspecified atom stereocenters. The maximum absolute atomic E-state index is 11.4. The lowest BCUT2D eigenvalue weighted by molar-refractivity contribution is -0.148. The summed E-state index contributed by atoms with van der Waals surface area (Å²) >= 11 is 13.0. The molecular formula is C27H26Cl2N4O4. The molecular weight excluding hydrogens is 515 g/mol. The summed E-state index contributed by atoms with van der Waals surface area (Å²) in [6, 6.07) is 12.8. The van der Waals surface area contributed by atoms with E-state index in [0.717, 1.165) is 18.4 Å². The van der Waals surface area contributed by atoms with Crippen molar-refractivity contribution in [2.45, 2.75) is 45.8 Å². The minimum atomic E-state index is -1.04. The van der Waals surface area contributed by atoms with Crippen LogP contribution in [0.2, 0.25) is 10.0 Å². The largest absolute Gasteiger partial charge is 0.492 e. The number of carbonyl (C=O) groups is 1. The van der Waals surface area contributed by atoms with E-state index in [2.05, 4.69) is 9.97 Å². The second-order valence-corrected chi connectivity index (χ2v) is 11.0. The molecule has 1 N–H and O–H groups in total. The SMILES string of the molecule is CC1(Oc2ncnc3c2nc(-c2ccc(OCC(C)(C)C(=O)O)cc2Cl)n3Cc2cccc(Cl)c2)CC1. The molecule has 37 heavy (non-hydrogen) atoms. The molecule has 1 aliphatic carbocycles. The fraction of sp³-hybridized carbons (Fsp3) is 0.333. The molecule has 1 saturated carbocycles. The third-order valence-corrected chi connectivity index (χ3v) is 6.93. The summed E-state index contributed by atoms with van der Waals surface area (Å²) in [6.45, 7) is 5.70. The lowest BCUT2D eigenvalue weighted by Crippen LogP contribution is -2.30. The molecule has 10 heteroatoms. The second kappa shape index (κ2) is 9.50. The first kappa shape index (κ1) is 25.3. The Morgan fingerprint density at radius 1 is 1.16 bits per heavy atom. The zero-order valence-electron chi connectivity index (χ0n) is 20.7. The van der Waals surface area contributed by atoms with Crippen LogP contribution in [-0.2, 0) is 11.3 Å². The highest BCUT2D eigenvalue weighted by Gasteiger charge is 2.41. The van der Waals surface area contributed by atoms with E-state index in [-0.39, 0.29) is 12.2 Å². The first-order valence-electron chi connectivity index (χ1n) is 11.9. The number of nitrogens with zero attached hydrogens (tertiary/aromatic N) is 4. The number of hydrogen-bond acceptors (Lipinski definition) is 6. The number of carboxylic acids is 1. The van der Waals surface area contributed by atoms with Gasteiger partial charge in [-0.3, -0.25) is 4.79 Å². The minimum Gasteiger partial charge on any atom is -0.492 e. The van der Waals surface area contributed by atoms with Crippen molar-refractivity contribution in [3.63, 3.8) is 0 Å². The van der Waals surface area contributed by atoms with Crippen molar-refractivity contribution in [2.24, 2.45) is 5.41 Å². The number of aromatic nitrogens is 4. The molecule has 0 radical (unpaired) electrons. The molecule has 0 atom stereocenters. The van der Waals surface area contributed by atoms with Crippen LogP contribution in [0.4, 0.5) is 0 Å². The second-order valence-electron chi connectivity index (χ2n) is 10.2. The number of fused-ring (bicyclic) bond motifs is 1. The van der Waals surface area contributed by atoms with E-state index >= 15 is 0 Å². The van der Waals surface area contributed by atoms with Gasteiger partial charge in [-0.1, -0.05) is 35.3 Å². The number of benzene rings is 2. The van der Waals surface area contributed by atoms with Crippen LogP contribution in [0.25, 0.3) is 22.6 Å².